The fourth-order valence-electron chi connectivity index (χ4n) is 9.06. The van der Waals surface area contributed by atoms with E-state index in [1.54, 1.807) is 60.7 Å². The first-order valence-corrected chi connectivity index (χ1v) is 17.1. The highest BCUT2D eigenvalue weighted by Crippen LogP contribution is 2.65. The summed E-state index contributed by atoms with van der Waals surface area (Å²) in [6.45, 7) is 0. The van der Waals surface area contributed by atoms with Gasteiger partial charge in [-0.15, -0.1) is 0 Å². The van der Waals surface area contributed by atoms with Crippen molar-refractivity contribution in [2.75, 3.05) is 16.9 Å². The number of anilines is 2. The lowest BCUT2D eigenvalue weighted by Gasteiger charge is -2.50. The van der Waals surface area contributed by atoms with E-state index in [9.17, 15) is 29.5 Å². The lowest BCUT2D eigenvalue weighted by atomic mass is 9.49. The Kier molecular flexibility index (Phi) is 7.90. The lowest BCUT2D eigenvalue weighted by Crippen LogP contribution is -2.53. The van der Waals surface area contributed by atoms with Crippen LogP contribution in [0, 0.1) is 23.7 Å². The van der Waals surface area contributed by atoms with Crippen LogP contribution in [0.1, 0.15) is 29.9 Å². The summed E-state index contributed by atoms with van der Waals surface area (Å²) in [7, 11) is -0.310. The third-order valence-corrected chi connectivity index (χ3v) is 11.4. The average Bonchev–Trinajstić information content (AvgIpc) is 3.53. The second-order valence-electron chi connectivity index (χ2n) is 13.5. The summed E-state index contributed by atoms with van der Waals surface area (Å²) in [5.74, 6) is -5.81. The SMILES string of the molecule is COc1ccc(O)c(C2C3=CCC4C(=O)N(c5cccc(B(O)O)c5)C(=O)C4C3CC3C(=O)N(c4cccc(Cl)c4)C(=O)C32c2ccccc2)c1. The molecule has 51 heavy (non-hydrogen) atoms. The van der Waals surface area contributed by atoms with Gasteiger partial charge in [0.2, 0.25) is 23.6 Å². The molecule has 2 aliphatic heterocycles. The summed E-state index contributed by atoms with van der Waals surface area (Å²) in [5, 5.41) is 31.5. The minimum atomic E-state index is -1.80. The molecular weight excluding hydrogens is 671 g/mol. The van der Waals surface area contributed by atoms with Crippen molar-refractivity contribution in [2.24, 2.45) is 23.7 Å². The van der Waals surface area contributed by atoms with Gasteiger partial charge in [-0.05, 0) is 78.3 Å². The number of aromatic hydroxyl groups is 1. The van der Waals surface area contributed by atoms with Crippen LogP contribution in [-0.4, -0.2) is 53.0 Å². The zero-order chi connectivity index (χ0) is 35.8. The summed E-state index contributed by atoms with van der Waals surface area (Å²) in [4.78, 5) is 61.0. The van der Waals surface area contributed by atoms with Crippen LogP contribution in [0.25, 0.3) is 0 Å². The Labute approximate surface area is 298 Å². The van der Waals surface area contributed by atoms with E-state index < -0.39 is 65.8 Å². The Bertz CT molecular complexity index is 2160. The number of benzene rings is 4. The van der Waals surface area contributed by atoms with Gasteiger partial charge in [0.1, 0.15) is 11.5 Å². The molecule has 12 heteroatoms. The average molecular weight is 703 g/mol. The predicted octanol–water partition coefficient (Wildman–Crippen LogP) is 4.10. The Morgan fingerprint density at radius 2 is 1.53 bits per heavy atom. The zero-order valence-electron chi connectivity index (χ0n) is 27.3. The number of allylic oxidation sites excluding steroid dienone is 2. The molecule has 8 rings (SSSR count). The molecule has 0 aromatic heterocycles. The number of hydrogen-bond acceptors (Lipinski definition) is 8. The minimum Gasteiger partial charge on any atom is -0.508 e. The Hall–Kier alpha value is -5.23. The first-order valence-electron chi connectivity index (χ1n) is 16.7. The molecular formula is C39H32BClN2O8. The number of carbonyl (C=O) groups excluding carboxylic acids is 4. The standard InChI is InChI=1S/C39H32BClN2O8/c1-51-26-13-16-32(44)30(19-26)34-27-14-15-28-33(37(47)42(35(28)45)24-11-5-9-22(17-24)40(49)50)29(27)20-31-36(46)43(25-12-6-10-23(41)18-25)38(48)39(31,34)21-7-3-2-4-8-21/h2-14,16-19,28-29,31,33-34,44,49-50H,15,20H2,1H3. The van der Waals surface area contributed by atoms with Crippen LogP contribution in [0.3, 0.4) is 0 Å². The van der Waals surface area contributed by atoms with Gasteiger partial charge in [0, 0.05) is 16.5 Å². The molecule has 4 aromatic carbocycles. The molecule has 0 bridgehead atoms. The van der Waals surface area contributed by atoms with Gasteiger partial charge < -0.3 is 19.9 Å². The largest absolute Gasteiger partial charge is 0.508 e. The fraction of sp³-hybridized carbons (Fsp3) is 0.231. The molecule has 1 saturated carbocycles. The third-order valence-electron chi connectivity index (χ3n) is 11.1. The van der Waals surface area contributed by atoms with Gasteiger partial charge in [-0.25, -0.2) is 4.90 Å². The molecule has 2 saturated heterocycles. The van der Waals surface area contributed by atoms with Crippen LogP contribution in [0.15, 0.2) is 109 Å². The van der Waals surface area contributed by atoms with Crippen molar-refractivity contribution in [3.8, 4) is 11.5 Å². The molecule has 256 valence electrons. The van der Waals surface area contributed by atoms with Crippen LogP contribution in [0.5, 0.6) is 11.5 Å². The van der Waals surface area contributed by atoms with Gasteiger partial charge in [0.15, 0.2) is 0 Å². The van der Waals surface area contributed by atoms with Crippen LogP contribution >= 0.6 is 11.6 Å². The Morgan fingerprint density at radius 1 is 0.804 bits per heavy atom. The van der Waals surface area contributed by atoms with Crippen molar-refractivity contribution >= 4 is 59.2 Å². The van der Waals surface area contributed by atoms with Crippen LogP contribution in [-0.2, 0) is 24.6 Å². The van der Waals surface area contributed by atoms with Gasteiger partial charge in [-0.2, -0.15) is 0 Å². The normalized spacial score (nSPS) is 26.8. The number of phenolic OH excluding ortho intramolecular Hbond substituents is 1. The second-order valence-corrected chi connectivity index (χ2v) is 13.9. The monoisotopic (exact) mass is 702 g/mol. The van der Waals surface area contributed by atoms with Gasteiger partial charge in [0.05, 0.1) is 41.7 Å². The highest BCUT2D eigenvalue weighted by atomic mass is 35.5. The van der Waals surface area contributed by atoms with E-state index in [2.05, 4.69) is 0 Å². The van der Waals surface area contributed by atoms with Crippen LogP contribution in [0.4, 0.5) is 11.4 Å². The van der Waals surface area contributed by atoms with Gasteiger partial charge in [-0.1, -0.05) is 71.8 Å². The molecule has 4 aromatic rings. The molecule has 2 aliphatic carbocycles. The van der Waals surface area contributed by atoms with E-state index in [0.717, 1.165) is 4.90 Å². The van der Waals surface area contributed by atoms with E-state index in [0.29, 0.717) is 33.2 Å². The van der Waals surface area contributed by atoms with Crippen molar-refractivity contribution in [1.82, 2.24) is 0 Å². The number of carbonyl (C=O) groups is 4. The van der Waals surface area contributed by atoms with Gasteiger partial charge >= 0.3 is 7.12 Å². The third kappa shape index (κ3) is 4.79. The molecule has 4 aliphatic rings. The van der Waals surface area contributed by atoms with Crippen LogP contribution < -0.4 is 20.0 Å². The molecule has 6 unspecified atom stereocenters. The maximum absolute atomic E-state index is 15.3. The number of amides is 4. The molecule has 3 N–H and O–H groups in total. The topological polar surface area (TPSA) is 145 Å². The van der Waals surface area contributed by atoms with Gasteiger partial charge in [-0.3, -0.25) is 24.1 Å². The summed E-state index contributed by atoms with van der Waals surface area (Å²) < 4.78 is 5.58. The quantitative estimate of drug-likeness (QED) is 0.155. The molecule has 6 atom stereocenters. The van der Waals surface area contributed by atoms with Crippen LogP contribution in [0.2, 0.25) is 5.02 Å². The number of nitrogens with zero attached hydrogens (tertiary/aromatic N) is 2. The van der Waals surface area contributed by atoms with Crippen molar-refractivity contribution in [3.05, 3.63) is 125 Å². The molecule has 10 nitrogen and oxygen atoms in total. The number of rotatable bonds is 6. The maximum Gasteiger partial charge on any atom is 0.488 e. The Morgan fingerprint density at radius 3 is 2.24 bits per heavy atom. The zero-order valence-corrected chi connectivity index (χ0v) is 28.1. The van der Waals surface area contributed by atoms with E-state index in [1.165, 1.54) is 30.2 Å². The first kappa shape index (κ1) is 32.9. The molecule has 2 heterocycles. The second kappa shape index (κ2) is 12.2. The lowest BCUT2D eigenvalue weighted by molar-refractivity contribution is -0.127. The van der Waals surface area contributed by atoms with Crippen molar-refractivity contribution in [1.29, 1.82) is 0 Å². The first-order chi connectivity index (χ1) is 24.6. The number of halogens is 1. The Balaban J connectivity index is 1.35. The van der Waals surface area contributed by atoms with Crippen molar-refractivity contribution in [2.45, 2.75) is 24.2 Å². The highest BCUT2D eigenvalue weighted by molar-refractivity contribution is 6.58. The van der Waals surface area contributed by atoms with E-state index in [1.807, 2.05) is 24.3 Å². The molecule has 3 fully saturated rings. The highest BCUT2D eigenvalue weighted by Gasteiger charge is 2.70. The number of methoxy groups -OCH3 is 1. The molecule has 0 radical (unpaired) electrons. The summed E-state index contributed by atoms with van der Waals surface area (Å²) in [5.41, 5.74) is 0.674. The summed E-state index contributed by atoms with van der Waals surface area (Å²) in [6, 6.07) is 26.3. The minimum absolute atomic E-state index is 0.0764. The number of ether oxygens (including phenoxy) is 1. The maximum atomic E-state index is 15.3. The number of hydrogen-bond donors (Lipinski definition) is 3. The molecule has 4 amide bonds. The fourth-order valence-corrected chi connectivity index (χ4v) is 9.24. The number of phenols is 1. The van der Waals surface area contributed by atoms with Crippen molar-refractivity contribution in [3.63, 3.8) is 0 Å². The predicted molar refractivity (Wildman–Crippen MR) is 190 cm³/mol. The smallest absolute Gasteiger partial charge is 0.488 e. The van der Waals surface area contributed by atoms with E-state index in [4.69, 9.17) is 16.3 Å². The number of imide groups is 2. The summed E-state index contributed by atoms with van der Waals surface area (Å²) >= 11 is 6.38. The van der Waals surface area contributed by atoms with Crippen molar-refractivity contribution < 1.29 is 39.1 Å². The van der Waals surface area contributed by atoms with E-state index >= 15 is 4.79 Å². The summed E-state index contributed by atoms with van der Waals surface area (Å²) in [6.07, 6.45) is 2.16. The molecule has 0 spiro atoms. The number of fused-ring (bicyclic) bond motifs is 4. The van der Waals surface area contributed by atoms with Gasteiger partial charge in [0.25, 0.3) is 0 Å². The van der Waals surface area contributed by atoms with E-state index in [-0.39, 0.29) is 29.7 Å².